The molecule has 160 valence electrons. The third-order valence-electron chi connectivity index (χ3n) is 4.47. The van der Waals surface area contributed by atoms with Gasteiger partial charge in [0.2, 0.25) is 7.37 Å². The summed E-state index contributed by atoms with van der Waals surface area (Å²) in [5.41, 5.74) is 0.858. The Balaban J connectivity index is 2.11. The average molecular weight is 424 g/mol. The van der Waals surface area contributed by atoms with Gasteiger partial charge in [-0.25, -0.2) is 4.79 Å². The molecule has 0 radical (unpaired) electrons. The number of nitrogens with one attached hydrogen (secondary N) is 1. The van der Waals surface area contributed by atoms with Crippen LogP contribution >= 0.6 is 7.37 Å². The molecule has 1 N–H and O–H groups in total. The molecule has 8 nitrogen and oxygen atoms in total. The first-order chi connectivity index (χ1) is 13.7. The molecule has 1 fully saturated rings. The van der Waals surface area contributed by atoms with Gasteiger partial charge in [-0.05, 0) is 24.8 Å². The molecule has 1 heterocycles. The number of carbonyl (C=O) groups is 3. The highest BCUT2D eigenvalue weighted by Gasteiger charge is 2.39. The van der Waals surface area contributed by atoms with E-state index in [1.807, 2.05) is 44.2 Å². The molecule has 2 rings (SSSR count). The summed E-state index contributed by atoms with van der Waals surface area (Å²) in [4.78, 5) is 37.4. The van der Waals surface area contributed by atoms with Crippen molar-refractivity contribution in [2.24, 2.45) is 11.8 Å². The first-order valence-corrected chi connectivity index (χ1v) is 11.7. The van der Waals surface area contributed by atoms with Gasteiger partial charge in [0.05, 0.1) is 19.1 Å². The van der Waals surface area contributed by atoms with Gasteiger partial charge in [0.25, 0.3) is 5.91 Å². The number of carbonyl (C=O) groups excluding carboxylic acids is 3. The number of ether oxygens (including phenoxy) is 1. The monoisotopic (exact) mass is 424 g/mol. The van der Waals surface area contributed by atoms with E-state index in [1.165, 1.54) is 0 Å². The lowest BCUT2D eigenvalue weighted by Crippen LogP contribution is -2.34. The largest absolute Gasteiger partial charge is 0.461 e. The topological polar surface area (TPSA) is 102 Å². The summed E-state index contributed by atoms with van der Waals surface area (Å²) in [6, 6.07) is 8.70. The maximum atomic E-state index is 13.4. The lowest BCUT2D eigenvalue weighted by Gasteiger charge is -2.26. The molecule has 0 bridgehead atoms. The van der Waals surface area contributed by atoms with Crippen molar-refractivity contribution in [3.8, 4) is 0 Å². The zero-order chi connectivity index (χ0) is 21.4. The molecule has 2 atom stereocenters. The number of urea groups is 1. The molecule has 0 saturated carbocycles. The number of esters is 1. The summed E-state index contributed by atoms with van der Waals surface area (Å²) in [6.07, 6.45) is 0.0423. The third kappa shape index (κ3) is 6.98. The minimum atomic E-state index is -3.46. The number of hydrogen-bond acceptors (Lipinski definition) is 6. The van der Waals surface area contributed by atoms with Crippen molar-refractivity contribution in [3.05, 3.63) is 35.9 Å². The molecule has 0 spiro atoms. The van der Waals surface area contributed by atoms with Crippen LogP contribution in [0.2, 0.25) is 0 Å². The molecule has 9 heteroatoms. The van der Waals surface area contributed by atoms with Crippen LogP contribution in [-0.2, 0) is 30.0 Å². The van der Waals surface area contributed by atoms with E-state index in [0.717, 1.165) is 10.5 Å². The molecule has 1 aliphatic rings. The Hall–Kier alpha value is -2.18. The van der Waals surface area contributed by atoms with Crippen LogP contribution in [0.4, 0.5) is 4.79 Å². The van der Waals surface area contributed by atoms with Crippen LogP contribution in [0.25, 0.3) is 0 Å². The molecule has 1 aromatic rings. The average Bonchev–Trinajstić information content (AvgIpc) is 2.98. The summed E-state index contributed by atoms with van der Waals surface area (Å²) >= 11 is 0. The molecule has 2 unspecified atom stereocenters. The van der Waals surface area contributed by atoms with Gasteiger partial charge in [0, 0.05) is 6.16 Å². The van der Waals surface area contributed by atoms with E-state index < -0.39 is 31.2 Å². The third-order valence-corrected chi connectivity index (χ3v) is 6.91. The molecule has 1 aliphatic heterocycles. The Labute approximate surface area is 171 Å². The van der Waals surface area contributed by atoms with Crippen molar-refractivity contribution >= 4 is 25.3 Å². The Kier molecular flexibility index (Phi) is 8.41. The summed E-state index contributed by atoms with van der Waals surface area (Å²) in [5, 5.41) is 2.40. The Morgan fingerprint density at radius 2 is 1.93 bits per heavy atom. The second-order valence-corrected chi connectivity index (χ2v) is 9.99. The molecule has 0 aliphatic carbocycles. The van der Waals surface area contributed by atoms with E-state index in [9.17, 15) is 18.9 Å². The highest BCUT2D eigenvalue weighted by Crippen LogP contribution is 2.50. The van der Waals surface area contributed by atoms with Crippen molar-refractivity contribution in [1.82, 2.24) is 10.2 Å². The lowest BCUT2D eigenvalue weighted by molar-refractivity contribution is -0.149. The second kappa shape index (κ2) is 10.6. The highest BCUT2D eigenvalue weighted by molar-refractivity contribution is 7.59. The molecule has 29 heavy (non-hydrogen) atoms. The van der Waals surface area contributed by atoms with Gasteiger partial charge in [-0.15, -0.1) is 0 Å². The second-order valence-electron chi connectivity index (χ2n) is 7.46. The molecule has 3 amide bonds. The minimum absolute atomic E-state index is 0.0797. The smallest absolute Gasteiger partial charge is 0.325 e. The van der Waals surface area contributed by atoms with Crippen LogP contribution in [-0.4, -0.2) is 48.4 Å². The van der Waals surface area contributed by atoms with Crippen LogP contribution in [0.15, 0.2) is 30.3 Å². The quantitative estimate of drug-likeness (QED) is 0.332. The van der Waals surface area contributed by atoms with Crippen molar-refractivity contribution in [3.63, 3.8) is 0 Å². The van der Waals surface area contributed by atoms with Gasteiger partial charge in [0.1, 0.15) is 12.9 Å². The normalized spacial score (nSPS) is 17.2. The van der Waals surface area contributed by atoms with Crippen molar-refractivity contribution in [2.45, 2.75) is 33.8 Å². The standard InChI is InChI=1S/C20H29N2O6P/c1-4-28-29(26,14-22-18(23)11-21-20(22)25)13-17(10-15(2)3)19(24)27-12-16-8-6-5-7-9-16/h5-9,15,17H,4,10-14H2,1-3H3,(H,21,25). The summed E-state index contributed by atoms with van der Waals surface area (Å²) in [7, 11) is -3.46. The van der Waals surface area contributed by atoms with Gasteiger partial charge in [-0.1, -0.05) is 44.2 Å². The lowest BCUT2D eigenvalue weighted by atomic mass is 9.99. The van der Waals surface area contributed by atoms with E-state index in [4.69, 9.17) is 9.26 Å². The Morgan fingerprint density at radius 1 is 1.24 bits per heavy atom. The summed E-state index contributed by atoms with van der Waals surface area (Å²) in [5.74, 6) is -1.41. The van der Waals surface area contributed by atoms with Crippen LogP contribution < -0.4 is 5.32 Å². The number of nitrogens with zero attached hydrogens (tertiary/aromatic N) is 1. The maximum Gasteiger partial charge on any atom is 0.325 e. The number of benzene rings is 1. The van der Waals surface area contributed by atoms with Gasteiger partial charge in [-0.2, -0.15) is 0 Å². The zero-order valence-electron chi connectivity index (χ0n) is 17.1. The van der Waals surface area contributed by atoms with E-state index in [-0.39, 0.29) is 38.1 Å². The van der Waals surface area contributed by atoms with Gasteiger partial charge < -0.3 is 14.6 Å². The van der Waals surface area contributed by atoms with E-state index in [1.54, 1.807) is 6.92 Å². The van der Waals surface area contributed by atoms with Crippen LogP contribution in [0.1, 0.15) is 32.8 Å². The minimum Gasteiger partial charge on any atom is -0.461 e. The number of rotatable bonds is 11. The van der Waals surface area contributed by atoms with Gasteiger partial charge >= 0.3 is 12.0 Å². The highest BCUT2D eigenvalue weighted by atomic mass is 31.2. The Morgan fingerprint density at radius 3 is 2.48 bits per heavy atom. The molecule has 1 aromatic carbocycles. The predicted molar refractivity (Wildman–Crippen MR) is 108 cm³/mol. The molecule has 1 saturated heterocycles. The van der Waals surface area contributed by atoms with Crippen molar-refractivity contribution in [2.75, 3.05) is 25.6 Å². The molecular formula is C20H29N2O6P. The fourth-order valence-corrected chi connectivity index (χ4v) is 5.66. The SMILES string of the molecule is CCOP(=O)(CC(CC(C)C)C(=O)OCc1ccccc1)CN1C(=O)CNC1=O. The number of hydrogen-bond donors (Lipinski definition) is 1. The fraction of sp³-hybridized carbons (Fsp3) is 0.550. The first kappa shape index (κ1) is 23.1. The number of amides is 3. The van der Waals surface area contributed by atoms with Crippen LogP contribution in [0.3, 0.4) is 0 Å². The number of imide groups is 1. The van der Waals surface area contributed by atoms with Crippen molar-refractivity contribution < 1.29 is 28.2 Å². The summed E-state index contributed by atoms with van der Waals surface area (Å²) < 4.78 is 24.4. The Bertz CT molecular complexity index is 751. The molecule has 0 aromatic heterocycles. The van der Waals surface area contributed by atoms with E-state index in [0.29, 0.717) is 6.42 Å². The van der Waals surface area contributed by atoms with E-state index in [2.05, 4.69) is 5.32 Å². The zero-order valence-corrected chi connectivity index (χ0v) is 18.0. The predicted octanol–water partition coefficient (Wildman–Crippen LogP) is 3.22. The maximum absolute atomic E-state index is 13.4. The first-order valence-electron chi connectivity index (χ1n) is 9.75. The fourth-order valence-electron chi connectivity index (χ4n) is 3.20. The summed E-state index contributed by atoms with van der Waals surface area (Å²) in [6.45, 7) is 5.75. The van der Waals surface area contributed by atoms with Gasteiger partial charge in [-0.3, -0.25) is 19.1 Å². The van der Waals surface area contributed by atoms with E-state index >= 15 is 0 Å². The molecular weight excluding hydrogens is 395 g/mol. The van der Waals surface area contributed by atoms with Crippen LogP contribution in [0.5, 0.6) is 0 Å². The van der Waals surface area contributed by atoms with Crippen molar-refractivity contribution in [1.29, 1.82) is 0 Å². The van der Waals surface area contributed by atoms with Crippen LogP contribution in [0, 0.1) is 11.8 Å². The van der Waals surface area contributed by atoms with Gasteiger partial charge in [0.15, 0.2) is 0 Å².